The number of hydrogen-bond acceptors (Lipinski definition) is 3. The molecule has 1 aromatic rings. The van der Waals surface area contributed by atoms with Crippen molar-refractivity contribution in [3.8, 4) is 0 Å². The second-order valence-electron chi connectivity index (χ2n) is 5.06. The van der Waals surface area contributed by atoms with Crippen molar-refractivity contribution in [2.45, 2.75) is 18.6 Å². The minimum absolute atomic E-state index is 0.127. The van der Waals surface area contributed by atoms with Gasteiger partial charge in [0, 0.05) is 17.2 Å². The highest BCUT2D eigenvalue weighted by Crippen LogP contribution is 2.19. The minimum Gasteiger partial charge on any atom is -0.282 e. The second-order valence-corrected chi connectivity index (χ2v) is 6.47. The van der Waals surface area contributed by atoms with Gasteiger partial charge in [0.2, 0.25) is 5.12 Å². The Morgan fingerprint density at radius 1 is 1.33 bits per heavy atom. The maximum atomic E-state index is 11.9. The lowest BCUT2D eigenvalue weighted by molar-refractivity contribution is -0.876. The summed E-state index contributed by atoms with van der Waals surface area (Å²) in [6, 6.07) is 9.39. The lowest BCUT2D eigenvalue weighted by Gasteiger charge is -2.15. The molecule has 1 atom stereocenters. The molecule has 1 unspecified atom stereocenters. The molecule has 0 amide bonds. The van der Waals surface area contributed by atoms with Crippen molar-refractivity contribution in [1.82, 2.24) is 0 Å². The maximum Gasteiger partial charge on any atom is 0.219 e. The molecule has 1 rings (SSSR count). The molecule has 18 heavy (non-hydrogen) atoms. The van der Waals surface area contributed by atoms with Crippen molar-refractivity contribution < 1.29 is 9.39 Å². The Balaban J connectivity index is 2.44. The third kappa shape index (κ3) is 5.98. The van der Waals surface area contributed by atoms with E-state index in [1.54, 1.807) is 0 Å². The van der Waals surface area contributed by atoms with E-state index in [2.05, 4.69) is 5.10 Å². The van der Waals surface area contributed by atoms with E-state index in [1.807, 2.05) is 64.6 Å². The van der Waals surface area contributed by atoms with Crippen LogP contribution in [0.1, 0.15) is 23.7 Å². The zero-order valence-electron chi connectivity index (χ0n) is 11.5. The van der Waals surface area contributed by atoms with Gasteiger partial charge in [-0.25, -0.2) is 4.59 Å². The fourth-order valence-corrected chi connectivity index (χ4v) is 2.13. The van der Waals surface area contributed by atoms with Crippen molar-refractivity contribution in [3.05, 3.63) is 35.9 Å². The average Bonchev–Trinajstić information content (AvgIpc) is 2.28. The summed E-state index contributed by atoms with van der Waals surface area (Å²) in [6.45, 7) is 2.05. The number of quaternary nitrogens is 1. The monoisotopic (exact) mass is 265 g/mol. The molecule has 0 saturated heterocycles. The van der Waals surface area contributed by atoms with Gasteiger partial charge in [-0.1, -0.05) is 54.1 Å². The fourth-order valence-electron chi connectivity index (χ4n) is 1.31. The maximum absolute atomic E-state index is 11.9. The smallest absolute Gasteiger partial charge is 0.219 e. The van der Waals surface area contributed by atoms with E-state index in [1.165, 1.54) is 11.8 Å². The minimum atomic E-state index is 0.127. The van der Waals surface area contributed by atoms with E-state index in [-0.39, 0.29) is 10.4 Å². The molecule has 0 saturated carbocycles. The van der Waals surface area contributed by atoms with Gasteiger partial charge in [-0.2, -0.15) is 0 Å². The van der Waals surface area contributed by atoms with Gasteiger partial charge in [0.05, 0.1) is 27.4 Å². The molecular weight excluding hydrogens is 244 g/mol. The van der Waals surface area contributed by atoms with Gasteiger partial charge < -0.3 is 0 Å². The summed E-state index contributed by atoms with van der Waals surface area (Å²) < 4.78 is 0.560. The Kier molecular flexibility index (Phi) is 5.56. The highest BCUT2D eigenvalue weighted by Gasteiger charge is 2.11. The van der Waals surface area contributed by atoms with E-state index >= 15 is 0 Å². The molecule has 0 bridgehead atoms. The van der Waals surface area contributed by atoms with Gasteiger partial charge in [0.25, 0.3) is 0 Å². The van der Waals surface area contributed by atoms with E-state index in [9.17, 15) is 4.79 Å². The number of hydrogen-bond donors (Lipinski definition) is 0. The lowest BCUT2D eigenvalue weighted by Crippen LogP contribution is -2.27. The lowest BCUT2D eigenvalue weighted by atomic mass is 10.2. The van der Waals surface area contributed by atoms with Crippen LogP contribution in [-0.4, -0.2) is 42.3 Å². The number of nitrogens with zero attached hydrogens (tertiary/aromatic N) is 2. The summed E-state index contributed by atoms with van der Waals surface area (Å²) in [4.78, 5) is 11.9. The van der Waals surface area contributed by atoms with Crippen LogP contribution >= 0.6 is 11.8 Å². The van der Waals surface area contributed by atoms with Crippen LogP contribution < -0.4 is 0 Å². The first-order valence-corrected chi connectivity index (χ1v) is 6.88. The molecule has 0 heterocycles. The first-order valence-electron chi connectivity index (χ1n) is 6.00. The van der Waals surface area contributed by atoms with Crippen LogP contribution in [0.3, 0.4) is 0 Å². The number of rotatable bonds is 5. The SMILES string of the molecule is CC(CC=N[N+](C)(C)C)SC(=O)c1ccccc1. The van der Waals surface area contributed by atoms with Crippen molar-refractivity contribution in [2.75, 3.05) is 21.1 Å². The molecule has 0 radical (unpaired) electrons. The quantitative estimate of drug-likeness (QED) is 0.465. The summed E-state index contributed by atoms with van der Waals surface area (Å²) in [5.41, 5.74) is 0.762. The highest BCUT2D eigenvalue weighted by molar-refractivity contribution is 8.14. The predicted molar refractivity (Wildman–Crippen MR) is 79.0 cm³/mol. The molecule has 0 spiro atoms. The van der Waals surface area contributed by atoms with E-state index in [0.717, 1.165) is 12.0 Å². The molecule has 98 valence electrons. The molecular formula is C14H21N2OS+. The zero-order chi connectivity index (χ0) is 13.6. The van der Waals surface area contributed by atoms with Gasteiger partial charge >= 0.3 is 0 Å². The molecule has 0 fully saturated rings. The van der Waals surface area contributed by atoms with E-state index in [4.69, 9.17) is 0 Å². The average molecular weight is 265 g/mol. The number of carbonyl (C=O) groups excluding carboxylic acids is 1. The van der Waals surface area contributed by atoms with Crippen LogP contribution in [-0.2, 0) is 0 Å². The van der Waals surface area contributed by atoms with Crippen molar-refractivity contribution >= 4 is 23.1 Å². The summed E-state index contributed by atoms with van der Waals surface area (Å²) in [6.07, 6.45) is 2.70. The number of benzene rings is 1. The highest BCUT2D eigenvalue weighted by atomic mass is 32.2. The topological polar surface area (TPSA) is 29.4 Å². The van der Waals surface area contributed by atoms with Crippen LogP contribution in [0.2, 0.25) is 0 Å². The van der Waals surface area contributed by atoms with Gasteiger partial charge in [0.15, 0.2) is 0 Å². The van der Waals surface area contributed by atoms with E-state index in [0.29, 0.717) is 4.59 Å². The van der Waals surface area contributed by atoms with Crippen LogP contribution in [0.15, 0.2) is 35.4 Å². The molecule has 0 aliphatic heterocycles. The molecule has 1 aromatic carbocycles. The molecule has 0 aromatic heterocycles. The molecule has 0 aliphatic carbocycles. The molecule has 0 aliphatic rings. The largest absolute Gasteiger partial charge is 0.282 e. The summed E-state index contributed by atoms with van der Waals surface area (Å²) in [5.74, 6) is 0. The Labute approximate surface area is 113 Å². The molecule has 4 heteroatoms. The Morgan fingerprint density at radius 3 is 2.50 bits per heavy atom. The van der Waals surface area contributed by atoms with E-state index < -0.39 is 0 Å². The van der Waals surface area contributed by atoms with Crippen molar-refractivity contribution in [1.29, 1.82) is 0 Å². The van der Waals surface area contributed by atoms with Crippen molar-refractivity contribution in [3.63, 3.8) is 0 Å². The second kappa shape index (κ2) is 6.71. The molecule has 3 nitrogen and oxygen atoms in total. The van der Waals surface area contributed by atoms with Gasteiger partial charge in [-0.3, -0.25) is 4.79 Å². The Morgan fingerprint density at radius 2 is 1.94 bits per heavy atom. The van der Waals surface area contributed by atoms with Gasteiger partial charge in [-0.05, 0) is 0 Å². The first-order chi connectivity index (χ1) is 8.38. The predicted octanol–water partition coefficient (Wildman–Crippen LogP) is 3.03. The fraction of sp³-hybridized carbons (Fsp3) is 0.429. The standard InChI is InChI=1S/C14H21N2OS/c1-12(10-11-15-16(2,3)4)18-14(17)13-8-6-5-7-9-13/h5-9,11-12H,10H2,1-4H3/q+1. The Hall–Kier alpha value is -1.13. The summed E-state index contributed by atoms with van der Waals surface area (Å²) >= 11 is 1.37. The Bertz CT molecular complexity index is 410. The van der Waals surface area contributed by atoms with Crippen LogP contribution in [0.25, 0.3) is 0 Å². The van der Waals surface area contributed by atoms with Crippen LogP contribution in [0, 0.1) is 0 Å². The first kappa shape index (κ1) is 14.9. The third-order valence-corrected chi connectivity index (χ3v) is 3.23. The van der Waals surface area contributed by atoms with Crippen LogP contribution in [0.4, 0.5) is 0 Å². The van der Waals surface area contributed by atoms with Crippen LogP contribution in [0.5, 0.6) is 0 Å². The molecule has 0 N–H and O–H groups in total. The zero-order valence-corrected chi connectivity index (χ0v) is 12.3. The summed E-state index contributed by atoms with van der Waals surface area (Å²) in [7, 11) is 6.01. The van der Waals surface area contributed by atoms with Gasteiger partial charge in [-0.15, -0.1) is 0 Å². The number of thioether (sulfide) groups is 1. The van der Waals surface area contributed by atoms with Gasteiger partial charge in [0.1, 0.15) is 0 Å². The summed E-state index contributed by atoms with van der Waals surface area (Å²) in [5, 5.41) is 4.73. The normalized spacial score (nSPS) is 13.8. The van der Waals surface area contributed by atoms with Crippen molar-refractivity contribution in [2.24, 2.45) is 5.10 Å². The number of carbonyl (C=O) groups is 1. The third-order valence-electron chi connectivity index (χ3n) is 2.18.